The summed E-state index contributed by atoms with van der Waals surface area (Å²) >= 11 is 0. The molecule has 0 radical (unpaired) electrons. The van der Waals surface area contributed by atoms with E-state index in [9.17, 15) is 0 Å². The van der Waals surface area contributed by atoms with Crippen molar-refractivity contribution in [2.24, 2.45) is 29.6 Å². The highest BCUT2D eigenvalue weighted by molar-refractivity contribution is 4.81. The summed E-state index contributed by atoms with van der Waals surface area (Å²) in [6.45, 7) is 12.0. The zero-order valence-corrected chi connectivity index (χ0v) is 10.7. The van der Waals surface area contributed by atoms with Gasteiger partial charge >= 0.3 is 0 Å². The molecule has 0 amide bonds. The highest BCUT2D eigenvalue weighted by atomic mass is 14.4. The predicted octanol–water partition coefficient (Wildman–Crippen LogP) is 4.74. The van der Waals surface area contributed by atoms with Crippen LogP contribution in [-0.2, 0) is 0 Å². The Bertz CT molecular complexity index is 155. The molecule has 84 valence electrons. The van der Waals surface area contributed by atoms with Crippen molar-refractivity contribution in [2.45, 2.75) is 60.3 Å². The van der Waals surface area contributed by atoms with Crippen LogP contribution in [0, 0.1) is 29.6 Å². The molecule has 3 atom stereocenters. The molecule has 0 heterocycles. The molecule has 0 aromatic rings. The van der Waals surface area contributed by atoms with E-state index in [1.165, 1.54) is 25.7 Å². The zero-order chi connectivity index (χ0) is 10.7. The maximum Gasteiger partial charge on any atom is -0.0362 e. The van der Waals surface area contributed by atoms with Gasteiger partial charge in [0.2, 0.25) is 0 Å². The van der Waals surface area contributed by atoms with E-state index in [1.54, 1.807) is 0 Å². The fourth-order valence-corrected chi connectivity index (χ4v) is 3.28. The minimum absolute atomic E-state index is 0.881. The third kappa shape index (κ3) is 3.29. The lowest BCUT2D eigenvalue weighted by Crippen LogP contribution is -2.28. The van der Waals surface area contributed by atoms with E-state index in [0.29, 0.717) is 0 Å². The van der Waals surface area contributed by atoms with Crippen LogP contribution in [-0.4, -0.2) is 0 Å². The Kier molecular flexibility index (Phi) is 4.47. The lowest BCUT2D eigenvalue weighted by Gasteiger charge is -2.38. The first-order valence-electron chi connectivity index (χ1n) is 6.50. The van der Waals surface area contributed by atoms with Crippen LogP contribution < -0.4 is 0 Å². The van der Waals surface area contributed by atoms with E-state index >= 15 is 0 Å². The number of hydrogen-bond acceptors (Lipinski definition) is 0. The molecule has 0 aromatic heterocycles. The van der Waals surface area contributed by atoms with E-state index in [4.69, 9.17) is 0 Å². The monoisotopic (exact) mass is 196 g/mol. The highest BCUT2D eigenvalue weighted by Gasteiger charge is 2.30. The van der Waals surface area contributed by atoms with Crippen molar-refractivity contribution in [3.63, 3.8) is 0 Å². The highest BCUT2D eigenvalue weighted by Crippen LogP contribution is 2.40. The first-order chi connectivity index (χ1) is 6.50. The molecule has 0 N–H and O–H groups in total. The molecule has 1 fully saturated rings. The van der Waals surface area contributed by atoms with Gasteiger partial charge in [0.25, 0.3) is 0 Å². The van der Waals surface area contributed by atoms with Crippen LogP contribution in [0.1, 0.15) is 60.3 Å². The van der Waals surface area contributed by atoms with Gasteiger partial charge in [0.05, 0.1) is 0 Å². The largest absolute Gasteiger partial charge is 0.0628 e. The number of rotatable bonds is 3. The van der Waals surface area contributed by atoms with Gasteiger partial charge in [-0.3, -0.25) is 0 Å². The van der Waals surface area contributed by atoms with Gasteiger partial charge < -0.3 is 0 Å². The van der Waals surface area contributed by atoms with Crippen molar-refractivity contribution in [3.8, 4) is 0 Å². The smallest absolute Gasteiger partial charge is 0.0362 e. The summed E-state index contributed by atoms with van der Waals surface area (Å²) in [6, 6.07) is 0. The van der Waals surface area contributed by atoms with Crippen LogP contribution in [0.3, 0.4) is 0 Å². The number of hydrogen-bond donors (Lipinski definition) is 0. The maximum atomic E-state index is 2.43. The van der Waals surface area contributed by atoms with Crippen LogP contribution in [0.15, 0.2) is 0 Å². The Balaban J connectivity index is 2.54. The molecule has 3 unspecified atom stereocenters. The first-order valence-corrected chi connectivity index (χ1v) is 6.50. The lowest BCUT2D eigenvalue weighted by molar-refractivity contribution is 0.125. The topological polar surface area (TPSA) is 0 Å². The average molecular weight is 196 g/mol. The summed E-state index contributed by atoms with van der Waals surface area (Å²) < 4.78 is 0. The Morgan fingerprint density at radius 2 is 1.71 bits per heavy atom. The SMILES string of the molecule is CC(C)CC1CC(C)CCC1C(C)C. The quantitative estimate of drug-likeness (QED) is 0.611. The lowest BCUT2D eigenvalue weighted by atomic mass is 9.68. The maximum absolute atomic E-state index is 2.43. The van der Waals surface area contributed by atoms with Crippen LogP contribution in [0.5, 0.6) is 0 Å². The summed E-state index contributed by atoms with van der Waals surface area (Å²) in [5, 5.41) is 0. The Labute approximate surface area is 90.5 Å². The van der Waals surface area contributed by atoms with Crippen LogP contribution in [0.25, 0.3) is 0 Å². The molecule has 0 nitrogen and oxygen atoms in total. The van der Waals surface area contributed by atoms with Crippen LogP contribution in [0.4, 0.5) is 0 Å². The Morgan fingerprint density at radius 1 is 1.07 bits per heavy atom. The average Bonchev–Trinajstić information content (AvgIpc) is 2.01. The molecule has 0 aliphatic heterocycles. The van der Waals surface area contributed by atoms with Gasteiger partial charge in [-0.1, -0.05) is 41.0 Å². The molecule has 1 rings (SSSR count). The third-order valence-electron chi connectivity index (χ3n) is 3.93. The molecule has 0 saturated heterocycles. The zero-order valence-electron chi connectivity index (χ0n) is 10.7. The van der Waals surface area contributed by atoms with Crippen LogP contribution in [0.2, 0.25) is 0 Å². The van der Waals surface area contributed by atoms with Gasteiger partial charge in [-0.05, 0) is 48.9 Å². The molecule has 0 heteroatoms. The second-order valence-corrected chi connectivity index (χ2v) is 6.22. The van der Waals surface area contributed by atoms with Crippen molar-refractivity contribution >= 4 is 0 Å². The van der Waals surface area contributed by atoms with Crippen molar-refractivity contribution in [1.82, 2.24) is 0 Å². The van der Waals surface area contributed by atoms with E-state index in [2.05, 4.69) is 34.6 Å². The Hall–Kier alpha value is 0. The molecule has 1 aliphatic rings. The van der Waals surface area contributed by atoms with Crippen molar-refractivity contribution < 1.29 is 0 Å². The summed E-state index contributed by atoms with van der Waals surface area (Å²) in [6.07, 6.45) is 5.89. The fraction of sp³-hybridized carbons (Fsp3) is 1.00. The summed E-state index contributed by atoms with van der Waals surface area (Å²) in [4.78, 5) is 0. The van der Waals surface area contributed by atoms with Gasteiger partial charge in [-0.25, -0.2) is 0 Å². The normalized spacial score (nSPS) is 34.1. The molecule has 1 saturated carbocycles. The van der Waals surface area contributed by atoms with E-state index < -0.39 is 0 Å². The van der Waals surface area contributed by atoms with Crippen molar-refractivity contribution in [3.05, 3.63) is 0 Å². The molecule has 1 aliphatic carbocycles. The predicted molar refractivity (Wildman–Crippen MR) is 64.3 cm³/mol. The minimum atomic E-state index is 0.881. The van der Waals surface area contributed by atoms with Gasteiger partial charge in [-0.15, -0.1) is 0 Å². The molecule has 0 bridgehead atoms. The fourth-order valence-electron chi connectivity index (χ4n) is 3.28. The molecule has 14 heavy (non-hydrogen) atoms. The molecule has 0 spiro atoms. The summed E-state index contributed by atoms with van der Waals surface area (Å²) in [5.41, 5.74) is 0. The summed E-state index contributed by atoms with van der Waals surface area (Å²) in [5.74, 6) is 4.78. The first kappa shape index (κ1) is 12.1. The van der Waals surface area contributed by atoms with Gasteiger partial charge in [-0.2, -0.15) is 0 Å². The molecule has 0 aromatic carbocycles. The van der Waals surface area contributed by atoms with Crippen LogP contribution >= 0.6 is 0 Å². The van der Waals surface area contributed by atoms with Gasteiger partial charge in [0.1, 0.15) is 0 Å². The standard InChI is InChI=1S/C14H28/c1-10(2)8-13-9-12(5)6-7-14(13)11(3)4/h10-14H,6-9H2,1-5H3. The molecular weight excluding hydrogens is 168 g/mol. The van der Waals surface area contributed by atoms with E-state index in [1.807, 2.05) is 0 Å². The Morgan fingerprint density at radius 3 is 2.21 bits per heavy atom. The van der Waals surface area contributed by atoms with E-state index in [-0.39, 0.29) is 0 Å². The summed E-state index contributed by atoms with van der Waals surface area (Å²) in [7, 11) is 0. The van der Waals surface area contributed by atoms with Crippen molar-refractivity contribution in [1.29, 1.82) is 0 Å². The minimum Gasteiger partial charge on any atom is -0.0628 e. The van der Waals surface area contributed by atoms with E-state index in [0.717, 1.165) is 29.6 Å². The van der Waals surface area contributed by atoms with Gasteiger partial charge in [0, 0.05) is 0 Å². The second-order valence-electron chi connectivity index (χ2n) is 6.22. The second kappa shape index (κ2) is 5.19. The molecular formula is C14H28. The van der Waals surface area contributed by atoms with Crippen molar-refractivity contribution in [2.75, 3.05) is 0 Å². The van der Waals surface area contributed by atoms with Gasteiger partial charge in [0.15, 0.2) is 0 Å². The third-order valence-corrected chi connectivity index (χ3v) is 3.93.